The van der Waals surface area contributed by atoms with Crippen molar-refractivity contribution in [2.45, 2.75) is 51.1 Å². The first-order valence-electron chi connectivity index (χ1n) is 9.00. The van der Waals surface area contributed by atoms with Gasteiger partial charge in [0.05, 0.1) is 11.9 Å². The molecular weight excluding hydrogens is 374 g/mol. The summed E-state index contributed by atoms with van der Waals surface area (Å²) in [4.78, 5) is 0. The van der Waals surface area contributed by atoms with Gasteiger partial charge < -0.3 is 0 Å². The number of nitrogens with one attached hydrogen (secondary N) is 1. The Morgan fingerprint density at radius 1 is 1.12 bits per heavy atom. The average molecular weight is 402 g/mol. The van der Waals surface area contributed by atoms with Crippen LogP contribution in [0.2, 0.25) is 0 Å². The van der Waals surface area contributed by atoms with Crippen molar-refractivity contribution in [2.24, 2.45) is 0 Å². The van der Waals surface area contributed by atoms with Gasteiger partial charge in [-0.05, 0) is 36.5 Å². The summed E-state index contributed by atoms with van der Waals surface area (Å²) in [5.41, 5.74) is 2.28. The van der Waals surface area contributed by atoms with Crippen LogP contribution in [-0.2, 0) is 33.2 Å². The highest BCUT2D eigenvalue weighted by Crippen LogP contribution is 2.30. The number of fused-ring (bicyclic) bond motifs is 1. The summed E-state index contributed by atoms with van der Waals surface area (Å²) in [6, 6.07) is 5.42. The van der Waals surface area contributed by atoms with Crippen molar-refractivity contribution >= 4 is 25.9 Å². The molecule has 3 rings (SSSR count). The Hall–Kier alpha value is -1.16. The van der Waals surface area contributed by atoms with Crippen LogP contribution in [0.5, 0.6) is 0 Å². The van der Waals surface area contributed by atoms with E-state index in [1.165, 1.54) is 15.0 Å². The van der Waals surface area contributed by atoms with Crippen LogP contribution in [-0.4, -0.2) is 51.3 Å². The van der Waals surface area contributed by atoms with Crippen LogP contribution >= 0.6 is 0 Å². The zero-order valence-corrected chi connectivity index (χ0v) is 16.9. The number of nitrogens with zero attached hydrogens (tertiary/aromatic N) is 2. The van der Waals surface area contributed by atoms with E-state index in [1.54, 1.807) is 19.2 Å². The molecule has 0 radical (unpaired) electrons. The second-order valence-corrected chi connectivity index (χ2v) is 11.0. The highest BCUT2D eigenvalue weighted by Gasteiger charge is 2.35. The zero-order valence-electron chi connectivity index (χ0n) is 15.3. The molecule has 0 bridgehead atoms. The van der Waals surface area contributed by atoms with Gasteiger partial charge in [-0.3, -0.25) is 4.72 Å². The SMILES string of the molecule is CN(C1CCCCC1)S(=O)(=O)N1CCc2c(cccc2NS(C)(=O)=O)C1. The molecule has 1 aliphatic carbocycles. The second-order valence-electron chi connectivity index (χ2n) is 7.22. The predicted molar refractivity (Wildman–Crippen MR) is 103 cm³/mol. The molecule has 1 fully saturated rings. The fourth-order valence-electron chi connectivity index (χ4n) is 3.89. The number of hydrogen-bond acceptors (Lipinski definition) is 4. The normalized spacial score (nSPS) is 20.1. The van der Waals surface area contributed by atoms with E-state index in [0.29, 0.717) is 18.7 Å². The molecule has 1 saturated carbocycles. The first-order valence-corrected chi connectivity index (χ1v) is 12.3. The molecule has 1 aromatic carbocycles. The fourth-order valence-corrected chi connectivity index (χ4v) is 6.06. The van der Waals surface area contributed by atoms with E-state index in [0.717, 1.165) is 43.1 Å². The molecule has 7 nitrogen and oxygen atoms in total. The Bertz CT molecular complexity index is 862. The minimum Gasteiger partial charge on any atom is -0.283 e. The summed E-state index contributed by atoms with van der Waals surface area (Å²) < 4.78 is 54.8. The minimum atomic E-state index is -3.52. The third-order valence-electron chi connectivity index (χ3n) is 5.31. The van der Waals surface area contributed by atoms with Gasteiger partial charge in [-0.2, -0.15) is 17.0 Å². The van der Waals surface area contributed by atoms with E-state index in [2.05, 4.69) is 4.72 Å². The van der Waals surface area contributed by atoms with Gasteiger partial charge in [0.25, 0.3) is 10.2 Å². The summed E-state index contributed by atoms with van der Waals surface area (Å²) in [6.07, 6.45) is 6.78. The van der Waals surface area contributed by atoms with E-state index in [4.69, 9.17) is 0 Å². The zero-order chi connectivity index (χ0) is 18.9. The van der Waals surface area contributed by atoms with Crippen molar-refractivity contribution in [1.82, 2.24) is 8.61 Å². The molecule has 0 unspecified atom stereocenters. The molecule has 9 heteroatoms. The second kappa shape index (κ2) is 7.46. The van der Waals surface area contributed by atoms with Crippen molar-refractivity contribution in [2.75, 3.05) is 24.6 Å². The van der Waals surface area contributed by atoms with Gasteiger partial charge >= 0.3 is 0 Å². The third kappa shape index (κ3) is 4.21. The maximum atomic E-state index is 13.0. The maximum Gasteiger partial charge on any atom is 0.282 e. The predicted octanol–water partition coefficient (Wildman–Crippen LogP) is 1.93. The highest BCUT2D eigenvalue weighted by atomic mass is 32.2. The quantitative estimate of drug-likeness (QED) is 0.817. The van der Waals surface area contributed by atoms with E-state index in [1.807, 2.05) is 6.07 Å². The van der Waals surface area contributed by atoms with E-state index >= 15 is 0 Å². The lowest BCUT2D eigenvalue weighted by Crippen LogP contribution is -2.48. The Balaban J connectivity index is 1.80. The Morgan fingerprint density at radius 2 is 1.81 bits per heavy atom. The summed E-state index contributed by atoms with van der Waals surface area (Å²) in [5, 5.41) is 0. The first-order chi connectivity index (χ1) is 12.2. The summed E-state index contributed by atoms with van der Waals surface area (Å²) in [6.45, 7) is 0.628. The summed E-state index contributed by atoms with van der Waals surface area (Å²) >= 11 is 0. The van der Waals surface area contributed by atoms with E-state index < -0.39 is 20.2 Å². The minimum absolute atomic E-state index is 0.0772. The van der Waals surface area contributed by atoms with Gasteiger partial charge in [-0.1, -0.05) is 31.4 Å². The van der Waals surface area contributed by atoms with Crippen molar-refractivity contribution < 1.29 is 16.8 Å². The maximum absolute atomic E-state index is 13.0. The summed E-state index contributed by atoms with van der Waals surface area (Å²) in [5.74, 6) is 0. The van der Waals surface area contributed by atoms with Gasteiger partial charge in [0.1, 0.15) is 0 Å². The van der Waals surface area contributed by atoms with Gasteiger partial charge in [0, 0.05) is 26.2 Å². The fraction of sp³-hybridized carbons (Fsp3) is 0.647. The number of benzene rings is 1. The number of anilines is 1. The Kier molecular flexibility index (Phi) is 5.62. The standard InChI is InChI=1S/C17H27N3O4S2/c1-19(15-8-4-3-5-9-15)26(23,24)20-12-11-16-14(13-20)7-6-10-17(16)18-25(2,21)22/h6-7,10,15,18H,3-5,8-9,11-13H2,1-2H3. The van der Waals surface area contributed by atoms with Crippen molar-refractivity contribution in [3.63, 3.8) is 0 Å². The molecule has 0 saturated heterocycles. The molecule has 0 atom stereocenters. The van der Waals surface area contributed by atoms with Crippen LogP contribution < -0.4 is 4.72 Å². The number of hydrogen-bond donors (Lipinski definition) is 1. The van der Waals surface area contributed by atoms with Crippen LogP contribution in [0.3, 0.4) is 0 Å². The molecule has 146 valence electrons. The third-order valence-corrected chi connectivity index (χ3v) is 7.89. The highest BCUT2D eigenvalue weighted by molar-refractivity contribution is 7.92. The molecule has 1 aromatic rings. The first kappa shape index (κ1) is 19.6. The molecule has 0 spiro atoms. The smallest absolute Gasteiger partial charge is 0.282 e. The monoisotopic (exact) mass is 401 g/mol. The Morgan fingerprint density at radius 3 is 2.46 bits per heavy atom. The van der Waals surface area contributed by atoms with Crippen LogP contribution in [0.4, 0.5) is 5.69 Å². The Labute approximate surface area is 156 Å². The largest absolute Gasteiger partial charge is 0.283 e. The van der Waals surface area contributed by atoms with Crippen LogP contribution in [0.1, 0.15) is 43.2 Å². The van der Waals surface area contributed by atoms with Crippen molar-refractivity contribution in [3.8, 4) is 0 Å². The van der Waals surface area contributed by atoms with Gasteiger partial charge in [-0.15, -0.1) is 0 Å². The lowest BCUT2D eigenvalue weighted by atomic mass is 9.96. The average Bonchev–Trinajstić information content (AvgIpc) is 2.60. The van der Waals surface area contributed by atoms with Crippen LogP contribution in [0, 0.1) is 0 Å². The van der Waals surface area contributed by atoms with Gasteiger partial charge in [0.2, 0.25) is 10.0 Å². The molecule has 2 aliphatic rings. The molecule has 0 aromatic heterocycles. The summed E-state index contributed by atoms with van der Waals surface area (Å²) in [7, 11) is -5.21. The molecule has 1 aliphatic heterocycles. The molecule has 0 amide bonds. The number of sulfonamides is 1. The van der Waals surface area contributed by atoms with Crippen molar-refractivity contribution in [1.29, 1.82) is 0 Å². The van der Waals surface area contributed by atoms with E-state index in [9.17, 15) is 16.8 Å². The molecule has 1 heterocycles. The lowest BCUT2D eigenvalue weighted by molar-refractivity contribution is 0.258. The molecular formula is C17H27N3O4S2. The lowest BCUT2D eigenvalue weighted by Gasteiger charge is -2.36. The molecule has 26 heavy (non-hydrogen) atoms. The molecule has 1 N–H and O–H groups in total. The van der Waals surface area contributed by atoms with E-state index in [-0.39, 0.29) is 12.6 Å². The van der Waals surface area contributed by atoms with Crippen LogP contribution in [0.15, 0.2) is 18.2 Å². The number of rotatable bonds is 5. The topological polar surface area (TPSA) is 86.8 Å². The van der Waals surface area contributed by atoms with Crippen LogP contribution in [0.25, 0.3) is 0 Å². The van der Waals surface area contributed by atoms with Gasteiger partial charge in [-0.25, -0.2) is 8.42 Å². The van der Waals surface area contributed by atoms with Gasteiger partial charge in [0.15, 0.2) is 0 Å². The van der Waals surface area contributed by atoms with Crippen molar-refractivity contribution in [3.05, 3.63) is 29.3 Å².